The number of amides is 3. The van der Waals surface area contributed by atoms with Crippen LogP contribution in [0.25, 0.3) is 0 Å². The van der Waals surface area contributed by atoms with Crippen LogP contribution in [0.1, 0.15) is 11.9 Å². The number of hydrogen-bond acceptors (Lipinski definition) is 7. The van der Waals surface area contributed by atoms with E-state index in [-0.39, 0.29) is 6.61 Å². The smallest absolute Gasteiger partial charge is 0.324 e. The molecule has 3 fully saturated rings. The molecule has 0 radical (unpaired) electrons. The lowest BCUT2D eigenvalue weighted by Crippen LogP contribution is -2.73. The van der Waals surface area contributed by atoms with Gasteiger partial charge in [0, 0.05) is 5.56 Å². The lowest BCUT2D eigenvalue weighted by atomic mass is 9.90. The maximum Gasteiger partial charge on any atom is 0.324 e. The number of ether oxygens (including phenoxy) is 3. The van der Waals surface area contributed by atoms with E-state index in [1.807, 2.05) is 35.6 Å². The molecule has 0 unspecified atom stereocenters. The topological polar surface area (TPSA) is 126 Å². The van der Waals surface area contributed by atoms with Gasteiger partial charge < -0.3 is 24.4 Å². The van der Waals surface area contributed by atoms with Crippen molar-refractivity contribution in [2.24, 2.45) is 0 Å². The number of benzene rings is 1. The van der Waals surface area contributed by atoms with Crippen LogP contribution in [0.2, 0.25) is 0 Å². The van der Waals surface area contributed by atoms with Gasteiger partial charge in [-0.2, -0.15) is 0 Å². The third kappa shape index (κ3) is 2.21. The highest BCUT2D eigenvalue weighted by molar-refractivity contribution is 6.06. The molecule has 3 heterocycles. The van der Waals surface area contributed by atoms with Gasteiger partial charge in [0.1, 0.15) is 24.4 Å². The minimum Gasteiger partial charge on any atom is -0.387 e. The van der Waals surface area contributed by atoms with Crippen LogP contribution >= 0.6 is 0 Å². The zero-order valence-corrected chi connectivity index (χ0v) is 12.4. The van der Waals surface area contributed by atoms with E-state index < -0.39 is 48.4 Å². The first-order chi connectivity index (χ1) is 11.5. The minimum absolute atomic E-state index is 0.0267. The van der Waals surface area contributed by atoms with Crippen molar-refractivity contribution in [2.45, 2.75) is 36.4 Å². The molecule has 1 aromatic carbocycles. The first-order valence-corrected chi connectivity index (χ1v) is 7.51. The van der Waals surface area contributed by atoms with Crippen molar-refractivity contribution < 1.29 is 34.0 Å². The molecule has 4 rings (SSSR count). The summed E-state index contributed by atoms with van der Waals surface area (Å²) in [5, 5.41) is 25.0. The van der Waals surface area contributed by atoms with Crippen molar-refractivity contribution in [2.75, 3.05) is 6.61 Å². The summed E-state index contributed by atoms with van der Waals surface area (Å²) in [7, 11) is 0. The molecule has 1 aromatic rings. The van der Waals surface area contributed by atoms with Crippen molar-refractivity contribution in [1.82, 2.24) is 10.6 Å². The van der Waals surface area contributed by atoms with Crippen LogP contribution in [0.4, 0.5) is 4.79 Å². The summed E-state index contributed by atoms with van der Waals surface area (Å²) in [5.74, 6) is -0.859. The molecule has 9 heteroatoms. The summed E-state index contributed by atoms with van der Waals surface area (Å²) in [4.78, 5) is 23.4. The van der Waals surface area contributed by atoms with Crippen LogP contribution in [0.15, 0.2) is 30.3 Å². The highest BCUT2D eigenvalue weighted by Gasteiger charge is 2.63. The first kappa shape index (κ1) is 15.5. The Bertz CT molecular complexity index is 667. The van der Waals surface area contributed by atoms with Gasteiger partial charge in [0.05, 0.1) is 6.61 Å². The van der Waals surface area contributed by atoms with E-state index >= 15 is 0 Å². The SMILES string of the molecule is O=C1NC(=O)[C@]2(N1)O[C@@H]1CO[C@@H](c3ccccc3)O[C@H]1[C@H](O)[C@H]2O. The number of aliphatic hydroxyl groups excluding tert-OH is 2. The van der Waals surface area contributed by atoms with Crippen LogP contribution in [-0.2, 0) is 19.0 Å². The van der Waals surface area contributed by atoms with Crippen LogP contribution in [0.5, 0.6) is 0 Å². The van der Waals surface area contributed by atoms with Crippen molar-refractivity contribution in [3.05, 3.63) is 35.9 Å². The van der Waals surface area contributed by atoms with Crippen molar-refractivity contribution in [3.8, 4) is 0 Å². The maximum absolute atomic E-state index is 12.0. The number of carbonyl (C=O) groups is 2. The van der Waals surface area contributed by atoms with Crippen molar-refractivity contribution in [1.29, 1.82) is 0 Å². The molecule has 24 heavy (non-hydrogen) atoms. The molecule has 3 aliphatic rings. The molecule has 1 spiro atoms. The van der Waals surface area contributed by atoms with Gasteiger partial charge in [0.15, 0.2) is 6.29 Å². The van der Waals surface area contributed by atoms with Crippen LogP contribution < -0.4 is 10.6 Å². The lowest BCUT2D eigenvalue weighted by Gasteiger charge is -2.49. The van der Waals surface area contributed by atoms with Crippen molar-refractivity contribution >= 4 is 11.9 Å². The summed E-state index contributed by atoms with van der Waals surface area (Å²) in [6, 6.07) is 8.31. The Labute approximate surface area is 136 Å². The van der Waals surface area contributed by atoms with Crippen LogP contribution in [0.3, 0.4) is 0 Å². The van der Waals surface area contributed by atoms with Gasteiger partial charge in [0.25, 0.3) is 11.6 Å². The number of urea groups is 1. The van der Waals surface area contributed by atoms with Gasteiger partial charge in [-0.1, -0.05) is 30.3 Å². The molecule has 4 N–H and O–H groups in total. The monoisotopic (exact) mass is 336 g/mol. The summed E-state index contributed by atoms with van der Waals surface area (Å²) in [6.07, 6.45) is -5.58. The first-order valence-electron chi connectivity index (χ1n) is 7.51. The fourth-order valence-electron chi connectivity index (χ4n) is 3.21. The second-order valence-electron chi connectivity index (χ2n) is 5.91. The fourth-order valence-corrected chi connectivity index (χ4v) is 3.21. The van der Waals surface area contributed by atoms with E-state index in [0.29, 0.717) is 0 Å². The van der Waals surface area contributed by atoms with Gasteiger partial charge >= 0.3 is 6.03 Å². The third-order valence-corrected chi connectivity index (χ3v) is 4.41. The summed E-state index contributed by atoms with van der Waals surface area (Å²) in [5.41, 5.74) is -1.28. The molecule has 9 nitrogen and oxygen atoms in total. The predicted molar refractivity (Wildman–Crippen MR) is 76.3 cm³/mol. The molecule has 0 aliphatic carbocycles. The molecule has 0 bridgehead atoms. The highest BCUT2D eigenvalue weighted by Crippen LogP contribution is 2.37. The Kier molecular flexibility index (Phi) is 3.55. The average molecular weight is 336 g/mol. The normalized spacial score (nSPS) is 41.7. The fraction of sp³-hybridized carbons (Fsp3) is 0.467. The van der Waals surface area contributed by atoms with E-state index in [4.69, 9.17) is 14.2 Å². The minimum atomic E-state index is -2.04. The Morgan fingerprint density at radius 3 is 2.58 bits per heavy atom. The Balaban J connectivity index is 1.57. The van der Waals surface area contributed by atoms with E-state index in [2.05, 4.69) is 5.32 Å². The Morgan fingerprint density at radius 2 is 1.92 bits per heavy atom. The number of hydrogen-bond donors (Lipinski definition) is 4. The molecule has 3 aliphatic heterocycles. The van der Waals surface area contributed by atoms with Gasteiger partial charge in [-0.05, 0) is 0 Å². The number of nitrogens with one attached hydrogen (secondary N) is 2. The molecule has 3 amide bonds. The molecule has 128 valence electrons. The van der Waals surface area contributed by atoms with E-state index in [9.17, 15) is 19.8 Å². The summed E-state index contributed by atoms with van der Waals surface area (Å²) >= 11 is 0. The molecule has 6 atom stereocenters. The average Bonchev–Trinajstić information content (AvgIpc) is 2.88. The van der Waals surface area contributed by atoms with Gasteiger partial charge in [-0.15, -0.1) is 0 Å². The number of aliphatic hydroxyl groups is 2. The Hall–Kier alpha value is -2.04. The maximum atomic E-state index is 12.0. The number of rotatable bonds is 1. The number of imide groups is 1. The van der Waals surface area contributed by atoms with Crippen LogP contribution in [-0.4, -0.2) is 58.9 Å². The quantitative estimate of drug-likeness (QED) is 0.472. The van der Waals surface area contributed by atoms with Crippen LogP contribution in [0, 0.1) is 0 Å². The van der Waals surface area contributed by atoms with E-state index in [1.165, 1.54) is 0 Å². The molecular formula is C15H16N2O7. The summed E-state index contributed by atoms with van der Waals surface area (Å²) in [6.45, 7) is 0.0267. The second kappa shape index (κ2) is 5.50. The van der Waals surface area contributed by atoms with E-state index in [1.54, 1.807) is 0 Å². The molecule has 0 aromatic heterocycles. The molecule has 0 saturated carbocycles. The van der Waals surface area contributed by atoms with Gasteiger partial charge in [-0.3, -0.25) is 15.4 Å². The van der Waals surface area contributed by atoms with Crippen molar-refractivity contribution in [3.63, 3.8) is 0 Å². The zero-order valence-electron chi connectivity index (χ0n) is 12.4. The zero-order chi connectivity index (χ0) is 16.9. The Morgan fingerprint density at radius 1 is 1.17 bits per heavy atom. The number of carbonyl (C=O) groups excluding carboxylic acids is 2. The second-order valence-corrected chi connectivity index (χ2v) is 5.91. The predicted octanol–water partition coefficient (Wildman–Crippen LogP) is -1.24. The standard InChI is InChI=1S/C15H16N2O7/c18-9-10-8(6-22-12(23-10)7-4-2-1-3-5-7)24-15(11(9)19)13(20)16-14(21)17-15/h1-5,8-12,18-19H,6H2,(H2,16,17,20,21)/t8-,9+,10-,11-,12-,15-/m1/s1. The highest BCUT2D eigenvalue weighted by atomic mass is 16.7. The largest absolute Gasteiger partial charge is 0.387 e. The lowest BCUT2D eigenvalue weighted by molar-refractivity contribution is -0.344. The molecule has 3 saturated heterocycles. The third-order valence-electron chi connectivity index (χ3n) is 4.41. The molecular weight excluding hydrogens is 320 g/mol. The van der Waals surface area contributed by atoms with E-state index in [0.717, 1.165) is 5.56 Å². The van der Waals surface area contributed by atoms with Gasteiger partial charge in [0.2, 0.25) is 0 Å². The number of fused-ring (bicyclic) bond motifs is 1. The summed E-state index contributed by atoms with van der Waals surface area (Å²) < 4.78 is 16.9. The van der Waals surface area contributed by atoms with Gasteiger partial charge in [-0.25, -0.2) is 4.79 Å².